The van der Waals surface area contributed by atoms with Crippen LogP contribution in [0.3, 0.4) is 0 Å². The van der Waals surface area contributed by atoms with Crippen molar-refractivity contribution < 1.29 is 0 Å². The second-order valence-electron chi connectivity index (χ2n) is 7.32. The molecule has 104 valence electrons. The molecule has 0 nitrogen and oxygen atoms in total. The van der Waals surface area contributed by atoms with Crippen LogP contribution in [0.1, 0.15) is 72.1 Å². The second kappa shape index (κ2) is 6.78. The molecule has 0 radical (unpaired) electrons. The number of hydrogen-bond acceptors (Lipinski definition) is 0. The Balaban J connectivity index is 1.71. The SMILES string of the molecule is CC1CCC(/C=C/C2CCC(C(C)C)CC2)CC1. The van der Waals surface area contributed by atoms with Crippen LogP contribution in [-0.4, -0.2) is 0 Å². The third kappa shape index (κ3) is 4.14. The van der Waals surface area contributed by atoms with E-state index in [0.717, 1.165) is 29.6 Å². The Kier molecular flexibility index (Phi) is 5.33. The predicted molar refractivity (Wildman–Crippen MR) is 80.5 cm³/mol. The van der Waals surface area contributed by atoms with Crippen molar-refractivity contribution in [2.45, 2.75) is 72.1 Å². The smallest absolute Gasteiger partial charge is 0.0233 e. The average Bonchev–Trinajstić information content (AvgIpc) is 2.38. The van der Waals surface area contributed by atoms with E-state index in [4.69, 9.17) is 0 Å². The fourth-order valence-electron chi connectivity index (χ4n) is 3.80. The van der Waals surface area contributed by atoms with Gasteiger partial charge in [-0.2, -0.15) is 0 Å². The average molecular weight is 248 g/mol. The van der Waals surface area contributed by atoms with Crippen LogP contribution in [0.5, 0.6) is 0 Å². The van der Waals surface area contributed by atoms with Crippen molar-refractivity contribution in [1.82, 2.24) is 0 Å². The Morgan fingerprint density at radius 3 is 1.61 bits per heavy atom. The molecule has 0 amide bonds. The summed E-state index contributed by atoms with van der Waals surface area (Å²) in [7, 11) is 0. The summed E-state index contributed by atoms with van der Waals surface area (Å²) in [6, 6.07) is 0. The molecule has 2 aliphatic carbocycles. The van der Waals surface area contributed by atoms with Gasteiger partial charge in [0.25, 0.3) is 0 Å². The molecule has 0 atom stereocenters. The second-order valence-corrected chi connectivity index (χ2v) is 7.32. The maximum atomic E-state index is 2.58. The van der Waals surface area contributed by atoms with E-state index in [1.807, 2.05) is 0 Å². The van der Waals surface area contributed by atoms with Crippen molar-refractivity contribution in [2.24, 2.45) is 29.6 Å². The normalized spacial score (nSPS) is 38.4. The lowest BCUT2D eigenvalue weighted by molar-refractivity contribution is 0.247. The summed E-state index contributed by atoms with van der Waals surface area (Å²) in [5, 5.41) is 0. The molecule has 0 N–H and O–H groups in total. The Morgan fingerprint density at radius 2 is 1.17 bits per heavy atom. The molecule has 2 saturated carbocycles. The molecule has 0 aromatic rings. The maximum absolute atomic E-state index is 2.58. The molecule has 2 aliphatic rings. The fourth-order valence-corrected chi connectivity index (χ4v) is 3.80. The fraction of sp³-hybridized carbons (Fsp3) is 0.889. The largest absolute Gasteiger partial charge is 0.0851 e. The molecule has 0 heterocycles. The van der Waals surface area contributed by atoms with Crippen LogP contribution in [0.25, 0.3) is 0 Å². The van der Waals surface area contributed by atoms with Gasteiger partial charge in [-0.25, -0.2) is 0 Å². The molecule has 0 spiro atoms. The molecule has 0 saturated heterocycles. The Labute approximate surface area is 114 Å². The highest BCUT2D eigenvalue weighted by atomic mass is 14.3. The first-order valence-electron chi connectivity index (χ1n) is 8.33. The first-order chi connectivity index (χ1) is 8.65. The lowest BCUT2D eigenvalue weighted by Gasteiger charge is -2.30. The molecule has 0 heteroatoms. The highest BCUT2D eigenvalue weighted by Crippen LogP contribution is 2.35. The number of allylic oxidation sites excluding steroid dienone is 2. The minimum atomic E-state index is 0.898. The van der Waals surface area contributed by atoms with E-state index in [0.29, 0.717) is 0 Å². The van der Waals surface area contributed by atoms with Crippen LogP contribution in [0, 0.1) is 29.6 Å². The van der Waals surface area contributed by atoms with E-state index in [1.54, 1.807) is 0 Å². The van der Waals surface area contributed by atoms with Crippen molar-refractivity contribution in [2.75, 3.05) is 0 Å². The quantitative estimate of drug-likeness (QED) is 0.551. The molecule has 0 unspecified atom stereocenters. The van der Waals surface area contributed by atoms with Gasteiger partial charge in [-0.3, -0.25) is 0 Å². The van der Waals surface area contributed by atoms with Crippen molar-refractivity contribution >= 4 is 0 Å². The van der Waals surface area contributed by atoms with E-state index in [2.05, 4.69) is 32.9 Å². The van der Waals surface area contributed by atoms with Gasteiger partial charge in [0, 0.05) is 0 Å². The Bertz CT molecular complexity index is 247. The van der Waals surface area contributed by atoms with E-state index >= 15 is 0 Å². The first kappa shape index (κ1) is 14.2. The topological polar surface area (TPSA) is 0 Å². The minimum absolute atomic E-state index is 0.898. The number of hydrogen-bond donors (Lipinski definition) is 0. The Morgan fingerprint density at radius 1 is 0.722 bits per heavy atom. The van der Waals surface area contributed by atoms with Crippen LogP contribution in [0.4, 0.5) is 0 Å². The van der Waals surface area contributed by atoms with Crippen molar-refractivity contribution in [3.05, 3.63) is 12.2 Å². The predicted octanol–water partition coefficient (Wildman–Crippen LogP) is 5.83. The van der Waals surface area contributed by atoms with E-state index in [1.165, 1.54) is 51.4 Å². The highest BCUT2D eigenvalue weighted by Gasteiger charge is 2.22. The van der Waals surface area contributed by atoms with Crippen molar-refractivity contribution in [1.29, 1.82) is 0 Å². The van der Waals surface area contributed by atoms with Gasteiger partial charge in [-0.05, 0) is 68.1 Å². The van der Waals surface area contributed by atoms with E-state index in [9.17, 15) is 0 Å². The zero-order valence-corrected chi connectivity index (χ0v) is 12.7. The van der Waals surface area contributed by atoms with Crippen LogP contribution < -0.4 is 0 Å². The monoisotopic (exact) mass is 248 g/mol. The zero-order chi connectivity index (χ0) is 13.0. The van der Waals surface area contributed by atoms with Gasteiger partial charge in [-0.15, -0.1) is 0 Å². The van der Waals surface area contributed by atoms with Crippen molar-refractivity contribution in [3.63, 3.8) is 0 Å². The van der Waals surface area contributed by atoms with Crippen LogP contribution in [0.2, 0.25) is 0 Å². The molecule has 0 aromatic carbocycles. The third-order valence-corrected chi connectivity index (χ3v) is 5.48. The molecule has 2 fully saturated rings. The van der Waals surface area contributed by atoms with Gasteiger partial charge in [0.2, 0.25) is 0 Å². The van der Waals surface area contributed by atoms with Gasteiger partial charge >= 0.3 is 0 Å². The summed E-state index contributed by atoms with van der Waals surface area (Å²) in [4.78, 5) is 0. The zero-order valence-electron chi connectivity index (χ0n) is 12.7. The highest BCUT2D eigenvalue weighted by molar-refractivity contribution is 4.96. The minimum Gasteiger partial charge on any atom is -0.0851 e. The van der Waals surface area contributed by atoms with Gasteiger partial charge in [0.15, 0.2) is 0 Å². The van der Waals surface area contributed by atoms with Crippen LogP contribution >= 0.6 is 0 Å². The Hall–Kier alpha value is -0.260. The summed E-state index contributed by atoms with van der Waals surface area (Å²) in [5.74, 6) is 4.69. The van der Waals surface area contributed by atoms with Gasteiger partial charge < -0.3 is 0 Å². The molecule has 0 bridgehead atoms. The molecular weight excluding hydrogens is 216 g/mol. The molecular formula is C18H32. The standard InChI is InChI=1S/C18H32/c1-14(2)18-12-10-17(11-13-18)9-8-16-6-4-15(3)5-7-16/h8-9,14-18H,4-7,10-13H2,1-3H3/b9-8+. The summed E-state index contributed by atoms with van der Waals surface area (Å²) in [6.45, 7) is 7.20. The van der Waals surface area contributed by atoms with Gasteiger partial charge in [0.05, 0.1) is 0 Å². The summed E-state index contributed by atoms with van der Waals surface area (Å²) >= 11 is 0. The van der Waals surface area contributed by atoms with E-state index < -0.39 is 0 Å². The van der Waals surface area contributed by atoms with Crippen LogP contribution in [-0.2, 0) is 0 Å². The van der Waals surface area contributed by atoms with Crippen LogP contribution in [0.15, 0.2) is 12.2 Å². The first-order valence-corrected chi connectivity index (χ1v) is 8.33. The lowest BCUT2D eigenvalue weighted by Crippen LogP contribution is -2.17. The third-order valence-electron chi connectivity index (χ3n) is 5.48. The summed E-state index contributed by atoms with van der Waals surface area (Å²) < 4.78 is 0. The molecule has 2 rings (SSSR count). The summed E-state index contributed by atoms with van der Waals surface area (Å²) in [6.07, 6.45) is 16.8. The maximum Gasteiger partial charge on any atom is -0.0233 e. The molecule has 0 aliphatic heterocycles. The molecule has 0 aromatic heterocycles. The summed E-state index contributed by atoms with van der Waals surface area (Å²) in [5.41, 5.74) is 0. The molecule has 18 heavy (non-hydrogen) atoms. The lowest BCUT2D eigenvalue weighted by atomic mass is 9.76. The van der Waals surface area contributed by atoms with Crippen molar-refractivity contribution in [3.8, 4) is 0 Å². The van der Waals surface area contributed by atoms with E-state index in [-0.39, 0.29) is 0 Å². The van der Waals surface area contributed by atoms with Gasteiger partial charge in [-0.1, -0.05) is 45.8 Å². The number of rotatable bonds is 3. The van der Waals surface area contributed by atoms with Gasteiger partial charge in [0.1, 0.15) is 0 Å².